The van der Waals surface area contributed by atoms with Crippen LogP contribution in [-0.2, 0) is 9.59 Å². The number of hydrogen-bond acceptors (Lipinski definition) is 2. The van der Waals surface area contributed by atoms with Crippen molar-refractivity contribution in [1.82, 2.24) is 0 Å². The number of carbonyl (C=O) groups excluding carboxylic acids is 1. The molecule has 3 nitrogen and oxygen atoms in total. The van der Waals surface area contributed by atoms with Crippen LogP contribution in [-0.4, -0.2) is 17.4 Å². The Kier molecular flexibility index (Phi) is 8.94. The summed E-state index contributed by atoms with van der Waals surface area (Å²) in [6, 6.07) is 0. The Morgan fingerprint density at radius 3 is 2.29 bits per heavy atom. The van der Waals surface area contributed by atoms with Crippen molar-refractivity contribution in [2.45, 2.75) is 6.42 Å². The van der Waals surface area contributed by atoms with Crippen molar-refractivity contribution < 1.29 is 45.7 Å². The minimum Gasteiger partial charge on any atom is -1.00 e. The fourth-order valence-electron chi connectivity index (χ4n) is 0.0713. The van der Waals surface area contributed by atoms with Crippen molar-refractivity contribution in [3.8, 4) is 0 Å². The fourth-order valence-corrected chi connectivity index (χ4v) is 0.0713. The largest absolute Gasteiger partial charge is 1.00 e. The van der Waals surface area contributed by atoms with E-state index in [2.05, 4.69) is 0 Å². The molecule has 0 atom stereocenters. The van der Waals surface area contributed by atoms with Crippen LogP contribution >= 0.6 is 0 Å². The summed E-state index contributed by atoms with van der Waals surface area (Å²) >= 11 is 0. The van der Waals surface area contributed by atoms with Crippen LogP contribution in [0.2, 0.25) is 0 Å². The Morgan fingerprint density at radius 1 is 1.86 bits per heavy atom. The van der Waals surface area contributed by atoms with Crippen molar-refractivity contribution in [2.75, 3.05) is 0 Å². The van der Waals surface area contributed by atoms with Gasteiger partial charge in [-0.05, 0) is 0 Å². The van der Waals surface area contributed by atoms with Gasteiger partial charge in [0.25, 0.3) is 0 Å². The Labute approximate surface area is 64.5 Å². The van der Waals surface area contributed by atoms with Gasteiger partial charge >= 0.3 is 35.5 Å². The summed E-state index contributed by atoms with van der Waals surface area (Å²) in [6.45, 7) is 0. The molecule has 0 aliphatic heterocycles. The SMILES string of the molecule is O=CCC(=O)O.[H-].[Na+]. The molecule has 4 heteroatoms. The summed E-state index contributed by atoms with van der Waals surface area (Å²) in [7, 11) is 0. The van der Waals surface area contributed by atoms with Crippen molar-refractivity contribution in [1.29, 1.82) is 0 Å². The van der Waals surface area contributed by atoms with E-state index >= 15 is 0 Å². The number of rotatable bonds is 2. The second kappa shape index (κ2) is 6.14. The second-order valence-corrected chi connectivity index (χ2v) is 0.765. The summed E-state index contributed by atoms with van der Waals surface area (Å²) in [5, 5.41) is 7.68. The predicted molar refractivity (Wildman–Crippen MR) is 19.4 cm³/mol. The molecule has 7 heavy (non-hydrogen) atoms. The van der Waals surface area contributed by atoms with Gasteiger partial charge in [0.1, 0.15) is 12.7 Å². The smallest absolute Gasteiger partial charge is 1.00 e. The molecule has 0 aromatic heterocycles. The van der Waals surface area contributed by atoms with Gasteiger partial charge in [0.2, 0.25) is 0 Å². The summed E-state index contributed by atoms with van der Waals surface area (Å²) in [4.78, 5) is 18.6. The molecule has 0 rings (SSSR count). The predicted octanol–water partition coefficient (Wildman–Crippen LogP) is -3.22. The zero-order chi connectivity index (χ0) is 4.99. The molecule has 0 unspecified atom stereocenters. The second-order valence-electron chi connectivity index (χ2n) is 0.765. The quantitative estimate of drug-likeness (QED) is 0.232. The van der Waals surface area contributed by atoms with E-state index < -0.39 is 5.97 Å². The first kappa shape index (κ1) is 10.2. The molecule has 0 aliphatic carbocycles. The van der Waals surface area contributed by atoms with Gasteiger partial charge in [-0.25, -0.2) is 0 Å². The van der Waals surface area contributed by atoms with Crippen LogP contribution in [0.5, 0.6) is 0 Å². The van der Waals surface area contributed by atoms with Crippen molar-refractivity contribution in [2.24, 2.45) is 0 Å². The van der Waals surface area contributed by atoms with Crippen LogP contribution in [0, 0.1) is 0 Å². The van der Waals surface area contributed by atoms with E-state index in [1.165, 1.54) is 0 Å². The summed E-state index contributed by atoms with van der Waals surface area (Å²) in [5.41, 5.74) is 0. The molecule has 0 saturated heterocycles. The topological polar surface area (TPSA) is 54.4 Å². The molecule has 1 N–H and O–H groups in total. The van der Waals surface area contributed by atoms with Crippen LogP contribution in [0.25, 0.3) is 0 Å². The minimum absolute atomic E-state index is 0. The van der Waals surface area contributed by atoms with Gasteiger partial charge in [-0.1, -0.05) is 0 Å². The molecule has 0 aromatic rings. The first-order chi connectivity index (χ1) is 2.77. The third kappa shape index (κ3) is 10.7. The molecule has 0 radical (unpaired) electrons. The molecule has 0 amide bonds. The standard InChI is InChI=1S/C3H4O3.Na.H/c4-2-1-3(5)6;;/h2H,1H2,(H,5,6);;/q;+1;-1. The van der Waals surface area contributed by atoms with Crippen LogP contribution in [0.15, 0.2) is 0 Å². The van der Waals surface area contributed by atoms with Gasteiger partial charge in [-0.3, -0.25) is 4.79 Å². The van der Waals surface area contributed by atoms with Gasteiger partial charge in [-0.15, -0.1) is 0 Å². The maximum atomic E-state index is 9.37. The van der Waals surface area contributed by atoms with Gasteiger partial charge in [-0.2, -0.15) is 0 Å². The van der Waals surface area contributed by atoms with Crippen molar-refractivity contribution >= 4 is 12.3 Å². The summed E-state index contributed by atoms with van der Waals surface area (Å²) in [5.74, 6) is -1.08. The third-order valence-corrected chi connectivity index (χ3v) is 0.258. The van der Waals surface area contributed by atoms with E-state index in [0.717, 1.165) is 0 Å². The van der Waals surface area contributed by atoms with E-state index in [0.29, 0.717) is 6.29 Å². The van der Waals surface area contributed by atoms with Gasteiger partial charge in [0.15, 0.2) is 0 Å². The van der Waals surface area contributed by atoms with E-state index in [-0.39, 0.29) is 37.4 Å². The number of hydrogen-bond donors (Lipinski definition) is 1. The molecule has 36 valence electrons. The van der Waals surface area contributed by atoms with E-state index in [1.54, 1.807) is 0 Å². The maximum Gasteiger partial charge on any atom is 1.00 e. The molecular weight excluding hydrogens is 107 g/mol. The summed E-state index contributed by atoms with van der Waals surface area (Å²) < 4.78 is 0. The van der Waals surface area contributed by atoms with Crippen LogP contribution in [0.3, 0.4) is 0 Å². The van der Waals surface area contributed by atoms with Gasteiger partial charge in [0, 0.05) is 0 Å². The Morgan fingerprint density at radius 2 is 2.29 bits per heavy atom. The Bertz CT molecular complexity index is 74.9. The minimum atomic E-state index is -1.08. The summed E-state index contributed by atoms with van der Waals surface area (Å²) in [6.07, 6.45) is -0.0394. The van der Waals surface area contributed by atoms with Gasteiger partial charge < -0.3 is 11.3 Å². The molecule has 0 saturated carbocycles. The molecule has 0 fully saturated rings. The van der Waals surface area contributed by atoms with Crippen molar-refractivity contribution in [3.63, 3.8) is 0 Å². The molecule has 0 aromatic carbocycles. The van der Waals surface area contributed by atoms with E-state index in [4.69, 9.17) is 5.11 Å². The average Bonchev–Trinajstić information content (AvgIpc) is 1.35. The third-order valence-electron chi connectivity index (χ3n) is 0.258. The zero-order valence-corrected chi connectivity index (χ0v) is 6.05. The van der Waals surface area contributed by atoms with E-state index in [9.17, 15) is 9.59 Å². The fraction of sp³-hybridized carbons (Fsp3) is 0.333. The number of carbonyl (C=O) groups is 2. The van der Waals surface area contributed by atoms with Gasteiger partial charge in [0.05, 0.1) is 0 Å². The molecule has 0 heterocycles. The molecule has 0 bridgehead atoms. The Balaban J connectivity index is -0.000000125. The van der Waals surface area contributed by atoms with Crippen LogP contribution in [0.1, 0.15) is 7.85 Å². The van der Waals surface area contributed by atoms with Crippen LogP contribution < -0.4 is 29.6 Å². The molecule has 0 spiro atoms. The molecular formula is C3H5NaO3. The first-order valence-corrected chi connectivity index (χ1v) is 1.43. The number of aliphatic carboxylic acids is 1. The zero-order valence-electron chi connectivity index (χ0n) is 5.05. The normalized spacial score (nSPS) is 6.29. The van der Waals surface area contributed by atoms with Crippen LogP contribution in [0.4, 0.5) is 0 Å². The Hall–Kier alpha value is 0.140. The van der Waals surface area contributed by atoms with Crippen molar-refractivity contribution in [3.05, 3.63) is 0 Å². The van der Waals surface area contributed by atoms with E-state index in [1.807, 2.05) is 0 Å². The molecule has 0 aliphatic rings. The number of carboxylic acids is 1. The maximum absolute atomic E-state index is 9.37. The number of carboxylic acid groups (broad SMARTS) is 1. The number of aldehydes is 1. The monoisotopic (exact) mass is 112 g/mol. The average molecular weight is 112 g/mol. The first-order valence-electron chi connectivity index (χ1n) is 1.43.